The first-order valence-electron chi connectivity index (χ1n) is 8.19. The van der Waals surface area contributed by atoms with E-state index in [4.69, 9.17) is 0 Å². The Labute approximate surface area is 144 Å². The smallest absolute Gasteiger partial charge is 0.166 e. The number of allylic oxidation sites excluding steroid dienone is 12. The molecule has 0 radical (unpaired) electrons. The average Bonchev–Trinajstić information content (AvgIpc) is 2.63. The van der Waals surface area contributed by atoms with Gasteiger partial charge in [0.1, 0.15) is 0 Å². The molecule has 0 saturated heterocycles. The van der Waals surface area contributed by atoms with E-state index in [0.29, 0.717) is 17.6 Å². The minimum absolute atomic E-state index is 0.0741. The molecule has 0 N–H and O–H groups in total. The number of halogens is 2. The first-order chi connectivity index (χ1) is 11.3. The van der Waals surface area contributed by atoms with Crippen LogP contribution in [0.1, 0.15) is 39.5 Å². The van der Waals surface area contributed by atoms with Crippen molar-refractivity contribution < 1.29 is 8.78 Å². The Morgan fingerprint density at radius 3 is 2.17 bits per heavy atom. The summed E-state index contributed by atoms with van der Waals surface area (Å²) in [6, 6.07) is 0. The van der Waals surface area contributed by atoms with Crippen LogP contribution < -0.4 is 0 Å². The highest BCUT2D eigenvalue weighted by molar-refractivity contribution is 5.54. The zero-order valence-electron chi connectivity index (χ0n) is 14.7. The third kappa shape index (κ3) is 5.16. The summed E-state index contributed by atoms with van der Waals surface area (Å²) >= 11 is 0. The van der Waals surface area contributed by atoms with Gasteiger partial charge in [0, 0.05) is 11.1 Å². The van der Waals surface area contributed by atoms with Crippen LogP contribution in [-0.2, 0) is 0 Å². The van der Waals surface area contributed by atoms with Crippen LogP contribution in [0, 0.1) is 0 Å². The van der Waals surface area contributed by atoms with Gasteiger partial charge in [-0.3, -0.25) is 0 Å². The fraction of sp³-hybridized carbons (Fsp3) is 0.273. The van der Waals surface area contributed by atoms with Crippen LogP contribution in [-0.4, -0.2) is 0 Å². The standard InChI is InChI=1S/C22H26F2/c1-7-15(3)9-10-16(4)17(5)21(23)22(24)18(6)20-13-11-19(8-2)12-14-20/h9-11,13H,3-8,12,14H2,1-2H3/b10-9-,22-21-. The Hall–Kier alpha value is -2.22. The molecule has 2 heteroatoms. The van der Waals surface area contributed by atoms with Crippen LogP contribution >= 0.6 is 0 Å². The summed E-state index contributed by atoms with van der Waals surface area (Å²) in [5.74, 6) is -1.98. The van der Waals surface area contributed by atoms with Crippen molar-refractivity contribution in [2.24, 2.45) is 0 Å². The topological polar surface area (TPSA) is 0 Å². The van der Waals surface area contributed by atoms with Crippen LogP contribution in [0.2, 0.25) is 0 Å². The van der Waals surface area contributed by atoms with Gasteiger partial charge in [0.05, 0.1) is 0 Å². The highest BCUT2D eigenvalue weighted by atomic mass is 19.2. The predicted octanol–water partition coefficient (Wildman–Crippen LogP) is 7.38. The summed E-state index contributed by atoms with van der Waals surface area (Å²) < 4.78 is 28.8. The van der Waals surface area contributed by atoms with Gasteiger partial charge in [0.2, 0.25) is 0 Å². The molecule has 24 heavy (non-hydrogen) atoms. The van der Waals surface area contributed by atoms with Crippen LogP contribution in [0.4, 0.5) is 8.78 Å². The molecule has 0 fully saturated rings. The summed E-state index contributed by atoms with van der Waals surface area (Å²) in [7, 11) is 0. The second kappa shape index (κ2) is 9.17. The summed E-state index contributed by atoms with van der Waals surface area (Å²) in [4.78, 5) is 0. The van der Waals surface area contributed by atoms with Gasteiger partial charge in [0.25, 0.3) is 0 Å². The number of hydrogen-bond acceptors (Lipinski definition) is 0. The Morgan fingerprint density at radius 2 is 1.67 bits per heavy atom. The molecule has 0 atom stereocenters. The molecule has 1 rings (SSSR count). The lowest BCUT2D eigenvalue weighted by Crippen LogP contribution is -1.99. The molecule has 0 bridgehead atoms. The van der Waals surface area contributed by atoms with E-state index in [-0.39, 0.29) is 11.1 Å². The van der Waals surface area contributed by atoms with Crippen LogP contribution in [0.25, 0.3) is 0 Å². The molecule has 128 valence electrons. The van der Waals surface area contributed by atoms with E-state index in [2.05, 4.69) is 33.2 Å². The molecular formula is C22H26F2. The van der Waals surface area contributed by atoms with Crippen molar-refractivity contribution in [2.75, 3.05) is 0 Å². The molecule has 0 aliphatic heterocycles. The summed E-state index contributed by atoms with van der Waals surface area (Å²) in [6.07, 6.45) is 10.4. The maximum absolute atomic E-state index is 14.4. The van der Waals surface area contributed by atoms with Gasteiger partial charge in [-0.05, 0) is 36.8 Å². The highest BCUT2D eigenvalue weighted by Crippen LogP contribution is 2.33. The van der Waals surface area contributed by atoms with Gasteiger partial charge in [-0.25, -0.2) is 8.78 Å². The van der Waals surface area contributed by atoms with Crippen molar-refractivity contribution in [2.45, 2.75) is 39.5 Å². The molecule has 1 aliphatic carbocycles. The van der Waals surface area contributed by atoms with Gasteiger partial charge in [-0.1, -0.05) is 75.6 Å². The second-order valence-corrected chi connectivity index (χ2v) is 5.83. The van der Waals surface area contributed by atoms with Gasteiger partial charge in [-0.2, -0.15) is 0 Å². The fourth-order valence-electron chi connectivity index (χ4n) is 2.21. The molecular weight excluding hydrogens is 302 g/mol. The van der Waals surface area contributed by atoms with Crippen molar-refractivity contribution >= 4 is 0 Å². The minimum atomic E-state index is -1.01. The molecule has 0 aromatic heterocycles. The Bertz CT molecular complexity index is 679. The molecule has 0 amide bonds. The lowest BCUT2D eigenvalue weighted by Gasteiger charge is -2.15. The van der Waals surface area contributed by atoms with E-state index in [9.17, 15) is 8.78 Å². The van der Waals surface area contributed by atoms with Crippen molar-refractivity contribution in [1.29, 1.82) is 0 Å². The van der Waals surface area contributed by atoms with Gasteiger partial charge < -0.3 is 0 Å². The van der Waals surface area contributed by atoms with E-state index in [1.165, 1.54) is 5.57 Å². The van der Waals surface area contributed by atoms with Crippen LogP contribution in [0.3, 0.4) is 0 Å². The monoisotopic (exact) mass is 328 g/mol. The van der Waals surface area contributed by atoms with Gasteiger partial charge >= 0.3 is 0 Å². The fourth-order valence-corrected chi connectivity index (χ4v) is 2.21. The summed E-state index contributed by atoms with van der Waals surface area (Å²) in [6.45, 7) is 18.9. The van der Waals surface area contributed by atoms with Crippen LogP contribution in [0.15, 0.2) is 95.7 Å². The highest BCUT2D eigenvalue weighted by Gasteiger charge is 2.18. The Kier molecular flexibility index (Phi) is 7.57. The molecule has 0 aromatic rings. The summed E-state index contributed by atoms with van der Waals surface area (Å²) in [5, 5.41) is 0. The molecule has 1 aliphatic rings. The molecule has 0 unspecified atom stereocenters. The maximum atomic E-state index is 14.4. The number of rotatable bonds is 8. The average molecular weight is 328 g/mol. The Morgan fingerprint density at radius 1 is 1.00 bits per heavy atom. The third-order valence-corrected chi connectivity index (χ3v) is 4.16. The van der Waals surface area contributed by atoms with Crippen molar-refractivity contribution in [3.05, 3.63) is 95.7 Å². The second-order valence-electron chi connectivity index (χ2n) is 5.83. The van der Waals surface area contributed by atoms with Crippen molar-refractivity contribution in [3.8, 4) is 0 Å². The van der Waals surface area contributed by atoms with E-state index in [0.717, 1.165) is 24.8 Å². The molecule has 0 nitrogen and oxygen atoms in total. The van der Waals surface area contributed by atoms with Crippen LogP contribution in [0.5, 0.6) is 0 Å². The van der Waals surface area contributed by atoms with E-state index in [1.54, 1.807) is 12.2 Å². The zero-order valence-corrected chi connectivity index (χ0v) is 14.7. The first-order valence-corrected chi connectivity index (χ1v) is 8.19. The SMILES string of the molecule is C=C(/C=C\C(=C)C(=C)/C(F)=C(/F)C(=C)C1=CC=C(CC)CC1)CC. The molecule has 0 spiro atoms. The number of hydrogen-bond donors (Lipinski definition) is 0. The van der Waals surface area contributed by atoms with E-state index >= 15 is 0 Å². The van der Waals surface area contributed by atoms with Gasteiger partial charge in [-0.15, -0.1) is 0 Å². The van der Waals surface area contributed by atoms with E-state index < -0.39 is 11.7 Å². The zero-order chi connectivity index (χ0) is 18.3. The summed E-state index contributed by atoms with van der Waals surface area (Å²) in [5.41, 5.74) is 3.22. The molecule has 0 saturated carbocycles. The van der Waals surface area contributed by atoms with E-state index in [1.807, 2.05) is 19.1 Å². The Balaban J connectivity index is 2.93. The van der Waals surface area contributed by atoms with Gasteiger partial charge in [0.15, 0.2) is 11.7 Å². The quantitative estimate of drug-likeness (QED) is 0.408. The maximum Gasteiger partial charge on any atom is 0.166 e. The molecule has 0 heterocycles. The van der Waals surface area contributed by atoms with Crippen molar-refractivity contribution in [1.82, 2.24) is 0 Å². The normalized spacial score (nSPS) is 15.5. The largest absolute Gasteiger partial charge is 0.203 e. The minimum Gasteiger partial charge on any atom is -0.203 e. The van der Waals surface area contributed by atoms with Crippen molar-refractivity contribution in [3.63, 3.8) is 0 Å². The first kappa shape index (κ1) is 19.8. The lowest BCUT2D eigenvalue weighted by atomic mass is 9.91. The molecule has 0 aromatic carbocycles. The predicted molar refractivity (Wildman–Crippen MR) is 101 cm³/mol. The lowest BCUT2D eigenvalue weighted by molar-refractivity contribution is 0.558. The third-order valence-electron chi connectivity index (χ3n) is 4.16.